The zero-order valence-electron chi connectivity index (χ0n) is 34.2. The maximum atomic E-state index is 13.9. The number of esters is 1. The molecule has 60 heavy (non-hydrogen) atoms. The van der Waals surface area contributed by atoms with E-state index in [1.165, 1.54) is 0 Å². The molecule has 3 aliphatic heterocycles. The van der Waals surface area contributed by atoms with Crippen molar-refractivity contribution in [3.05, 3.63) is 93.0 Å². The standard InChI is InChI=1S/C44H58O16/c45-41-33-25-37(26-34(41)30-57-22-18-53-14-10-49-6-5-48-9-13-52-17-21-56-29-33)44(40-4-2-1-3-39(40)43(47)60-44)38-27-35-31-58-23-19-54-15-11-50-7-8-51-12-16-55-20-24-59-32-36(28-38)42(35)46/h1-4,25-28,45-46H,5-24,29-32H2. The maximum absolute atomic E-state index is 13.9. The van der Waals surface area contributed by atoms with Gasteiger partial charge in [-0.2, -0.15) is 0 Å². The van der Waals surface area contributed by atoms with E-state index in [0.29, 0.717) is 150 Å². The van der Waals surface area contributed by atoms with Crippen LogP contribution in [0.4, 0.5) is 0 Å². The van der Waals surface area contributed by atoms with E-state index in [1.807, 2.05) is 12.1 Å². The molecule has 0 saturated heterocycles. The minimum Gasteiger partial charge on any atom is -0.507 e. The lowest BCUT2D eigenvalue weighted by Gasteiger charge is -2.32. The molecule has 0 amide bonds. The first-order valence-corrected chi connectivity index (χ1v) is 20.5. The monoisotopic (exact) mass is 842 g/mol. The van der Waals surface area contributed by atoms with Gasteiger partial charge in [0.15, 0.2) is 5.60 Å². The van der Waals surface area contributed by atoms with E-state index >= 15 is 0 Å². The molecule has 0 fully saturated rings. The second-order valence-electron chi connectivity index (χ2n) is 14.0. The van der Waals surface area contributed by atoms with Gasteiger partial charge >= 0.3 is 5.97 Å². The van der Waals surface area contributed by atoms with Gasteiger partial charge < -0.3 is 71.8 Å². The van der Waals surface area contributed by atoms with Crippen LogP contribution in [0.2, 0.25) is 0 Å². The minimum atomic E-state index is -1.54. The highest BCUT2D eigenvalue weighted by Gasteiger charge is 2.49. The summed E-state index contributed by atoms with van der Waals surface area (Å²) in [7, 11) is 0. The zero-order valence-corrected chi connectivity index (χ0v) is 34.2. The molecule has 3 aliphatic rings. The maximum Gasteiger partial charge on any atom is 0.340 e. The van der Waals surface area contributed by atoms with Crippen molar-refractivity contribution in [2.24, 2.45) is 0 Å². The molecule has 2 N–H and O–H groups in total. The first-order chi connectivity index (χ1) is 29.6. The van der Waals surface area contributed by atoms with Crippen molar-refractivity contribution in [3.8, 4) is 11.5 Å². The van der Waals surface area contributed by atoms with E-state index in [0.717, 1.165) is 0 Å². The number of hydrogen-bond donors (Lipinski definition) is 2. The molecule has 4 bridgehead atoms. The highest BCUT2D eigenvalue weighted by molar-refractivity contribution is 5.96. The number of aromatic hydroxyl groups is 2. The molecule has 16 heteroatoms. The van der Waals surface area contributed by atoms with Gasteiger partial charge in [0.25, 0.3) is 0 Å². The van der Waals surface area contributed by atoms with Crippen molar-refractivity contribution in [2.75, 3.05) is 132 Å². The lowest BCUT2D eigenvalue weighted by Crippen LogP contribution is -2.30. The van der Waals surface area contributed by atoms with Gasteiger partial charge in [-0.3, -0.25) is 0 Å². The molecule has 0 radical (unpaired) electrons. The van der Waals surface area contributed by atoms with Crippen molar-refractivity contribution in [3.63, 3.8) is 0 Å². The summed E-state index contributed by atoms with van der Waals surface area (Å²) in [6.07, 6.45) is 0. The summed E-state index contributed by atoms with van der Waals surface area (Å²) in [6, 6.07) is 14.3. The molecule has 0 spiro atoms. The number of cyclic esters (lactones) is 1. The van der Waals surface area contributed by atoms with Crippen molar-refractivity contribution < 1.29 is 76.6 Å². The predicted octanol–water partition coefficient (Wildman–Crippen LogP) is 3.79. The summed E-state index contributed by atoms with van der Waals surface area (Å²) in [5, 5.41) is 23.3. The number of carbonyl (C=O) groups is 1. The van der Waals surface area contributed by atoms with E-state index in [9.17, 15) is 15.0 Å². The Hall–Kier alpha value is -3.75. The number of hydrogen-bond acceptors (Lipinski definition) is 16. The predicted molar refractivity (Wildman–Crippen MR) is 213 cm³/mol. The first kappa shape index (κ1) is 45.8. The third-order valence-corrected chi connectivity index (χ3v) is 9.87. The molecule has 3 heterocycles. The number of benzene rings is 3. The largest absolute Gasteiger partial charge is 0.507 e. The highest BCUT2D eigenvalue weighted by Crippen LogP contribution is 2.49. The number of phenolic OH excluding ortho intramolecular Hbond substituents is 2. The Kier molecular flexibility index (Phi) is 19.3. The van der Waals surface area contributed by atoms with E-state index in [1.54, 1.807) is 36.4 Å². The van der Waals surface area contributed by atoms with Crippen LogP contribution < -0.4 is 0 Å². The summed E-state index contributed by atoms with van der Waals surface area (Å²) < 4.78 is 75.5. The second kappa shape index (κ2) is 25.2. The lowest BCUT2D eigenvalue weighted by atomic mass is 9.77. The molecule has 0 aromatic heterocycles. The minimum absolute atomic E-state index is 0.0147. The molecular formula is C44H58O16. The average molecular weight is 843 g/mol. The van der Waals surface area contributed by atoms with Crippen molar-refractivity contribution in [1.82, 2.24) is 0 Å². The van der Waals surface area contributed by atoms with Gasteiger partial charge in [0.1, 0.15) is 11.5 Å². The summed E-state index contributed by atoms with van der Waals surface area (Å²) in [5.41, 5.74) is 2.28. The summed E-state index contributed by atoms with van der Waals surface area (Å²) >= 11 is 0. The third kappa shape index (κ3) is 13.1. The smallest absolute Gasteiger partial charge is 0.340 e. The van der Waals surface area contributed by atoms with Crippen LogP contribution in [0, 0.1) is 0 Å². The van der Waals surface area contributed by atoms with Crippen LogP contribution in [0.1, 0.15) is 49.3 Å². The Bertz CT molecular complexity index is 1580. The van der Waals surface area contributed by atoms with Crippen LogP contribution in [-0.4, -0.2) is 148 Å². The van der Waals surface area contributed by atoms with Gasteiger partial charge in [-0.1, -0.05) is 18.2 Å². The molecule has 3 aromatic carbocycles. The van der Waals surface area contributed by atoms with Crippen molar-refractivity contribution in [2.45, 2.75) is 32.0 Å². The summed E-state index contributed by atoms with van der Waals surface area (Å²) in [5.74, 6) is -0.562. The highest BCUT2D eigenvalue weighted by atomic mass is 16.6. The fraction of sp³-hybridized carbons (Fsp3) is 0.568. The Morgan fingerprint density at radius 3 is 0.950 bits per heavy atom. The van der Waals surface area contributed by atoms with Gasteiger partial charge in [-0.15, -0.1) is 0 Å². The average Bonchev–Trinajstić information content (AvgIpc) is 3.56. The molecule has 0 unspecified atom stereocenters. The molecule has 0 aliphatic carbocycles. The molecule has 0 saturated carbocycles. The van der Waals surface area contributed by atoms with Gasteiger partial charge in [0.05, 0.1) is 164 Å². The van der Waals surface area contributed by atoms with Crippen molar-refractivity contribution >= 4 is 5.97 Å². The lowest BCUT2D eigenvalue weighted by molar-refractivity contribution is -0.0181. The number of carbonyl (C=O) groups excluding carboxylic acids is 1. The molecule has 0 atom stereocenters. The van der Waals surface area contributed by atoms with Gasteiger partial charge in [-0.25, -0.2) is 4.79 Å². The molecule has 3 aromatic rings. The quantitative estimate of drug-likeness (QED) is 0.356. The molecule has 16 nitrogen and oxygen atoms in total. The van der Waals surface area contributed by atoms with E-state index in [-0.39, 0.29) is 64.4 Å². The number of fused-ring (bicyclic) bond motifs is 5. The van der Waals surface area contributed by atoms with Crippen LogP contribution in [0.15, 0.2) is 48.5 Å². The van der Waals surface area contributed by atoms with E-state index in [2.05, 4.69) is 0 Å². The number of phenols is 2. The Morgan fingerprint density at radius 2 is 0.650 bits per heavy atom. The van der Waals surface area contributed by atoms with Crippen LogP contribution in [-0.2, 0) is 93.6 Å². The third-order valence-electron chi connectivity index (χ3n) is 9.87. The van der Waals surface area contributed by atoms with Crippen LogP contribution in [0.5, 0.6) is 11.5 Å². The summed E-state index contributed by atoms with van der Waals surface area (Å²) in [4.78, 5) is 13.9. The van der Waals surface area contributed by atoms with Gasteiger partial charge in [-0.05, 0) is 30.3 Å². The topological polar surface area (TPSA) is 178 Å². The van der Waals surface area contributed by atoms with Gasteiger partial charge in [0, 0.05) is 38.9 Å². The van der Waals surface area contributed by atoms with Crippen molar-refractivity contribution in [1.29, 1.82) is 0 Å². The normalized spacial score (nSPS) is 21.0. The second-order valence-corrected chi connectivity index (χ2v) is 14.0. The molecular weight excluding hydrogens is 784 g/mol. The number of rotatable bonds is 2. The Morgan fingerprint density at radius 1 is 0.383 bits per heavy atom. The van der Waals surface area contributed by atoms with Gasteiger partial charge in [0.2, 0.25) is 0 Å². The molecule has 330 valence electrons. The SMILES string of the molecule is O=C1OC(c2cc3c(O)c(c2)COCCOCCOCCOCCOCCOC3)(c2cc3c(O)c(c2)COCCOCCOCCOCCOCCOC3)c2ccccc21. The zero-order chi connectivity index (χ0) is 41.7. The van der Waals surface area contributed by atoms with Crippen LogP contribution >= 0.6 is 0 Å². The summed E-state index contributed by atoms with van der Waals surface area (Å²) in [6.45, 7) is 7.38. The first-order valence-electron chi connectivity index (χ1n) is 20.5. The fourth-order valence-corrected chi connectivity index (χ4v) is 6.90. The Balaban J connectivity index is 1.36. The number of ether oxygens (including phenoxy) is 13. The van der Waals surface area contributed by atoms with Crippen LogP contribution in [0.3, 0.4) is 0 Å². The van der Waals surface area contributed by atoms with E-state index in [4.69, 9.17) is 61.6 Å². The fourth-order valence-electron chi connectivity index (χ4n) is 6.90. The molecule has 6 rings (SSSR count). The van der Waals surface area contributed by atoms with Crippen LogP contribution in [0.25, 0.3) is 0 Å². The Labute approximate surface area is 350 Å². The van der Waals surface area contributed by atoms with E-state index < -0.39 is 11.6 Å².